The fourth-order valence-electron chi connectivity index (χ4n) is 1.90. The first-order valence-corrected chi connectivity index (χ1v) is 6.65. The quantitative estimate of drug-likeness (QED) is 0.847. The van der Waals surface area contributed by atoms with E-state index in [1.807, 2.05) is 0 Å². The standard InChI is InChI=1S/C12H18ClN5/c1-4-8(3)7-18(5-2)11-9-6-14-17-10(9)15-12(13)16-11/h6,8H,4-5,7H2,1-3H3,(H,14,15,16,17). The van der Waals surface area contributed by atoms with E-state index in [4.69, 9.17) is 11.6 Å². The molecular formula is C12H18ClN5. The molecule has 6 heteroatoms. The van der Waals surface area contributed by atoms with Crippen LogP contribution in [0.15, 0.2) is 6.20 Å². The van der Waals surface area contributed by atoms with Gasteiger partial charge in [0.25, 0.3) is 0 Å². The van der Waals surface area contributed by atoms with Gasteiger partial charge in [0.1, 0.15) is 5.82 Å². The van der Waals surface area contributed by atoms with Crippen molar-refractivity contribution in [2.75, 3.05) is 18.0 Å². The summed E-state index contributed by atoms with van der Waals surface area (Å²) in [5.41, 5.74) is 0.688. The summed E-state index contributed by atoms with van der Waals surface area (Å²) in [5.74, 6) is 1.47. The molecule has 2 aromatic rings. The second-order valence-electron chi connectivity index (χ2n) is 4.50. The van der Waals surface area contributed by atoms with Crippen molar-refractivity contribution in [1.29, 1.82) is 0 Å². The van der Waals surface area contributed by atoms with Crippen LogP contribution in [0.3, 0.4) is 0 Å². The summed E-state index contributed by atoms with van der Waals surface area (Å²) in [4.78, 5) is 10.7. The van der Waals surface area contributed by atoms with E-state index in [9.17, 15) is 0 Å². The first-order chi connectivity index (χ1) is 8.65. The van der Waals surface area contributed by atoms with Gasteiger partial charge < -0.3 is 4.90 Å². The number of rotatable bonds is 5. The molecule has 1 atom stereocenters. The summed E-state index contributed by atoms with van der Waals surface area (Å²) in [7, 11) is 0. The lowest BCUT2D eigenvalue weighted by Crippen LogP contribution is -2.29. The highest BCUT2D eigenvalue weighted by Crippen LogP contribution is 2.24. The predicted octanol–water partition coefficient (Wildman–Crippen LogP) is 2.88. The highest BCUT2D eigenvalue weighted by molar-refractivity contribution is 6.28. The van der Waals surface area contributed by atoms with E-state index >= 15 is 0 Å². The second-order valence-corrected chi connectivity index (χ2v) is 4.84. The number of halogens is 1. The molecule has 0 amide bonds. The van der Waals surface area contributed by atoms with Crippen molar-refractivity contribution in [3.63, 3.8) is 0 Å². The minimum Gasteiger partial charge on any atom is -0.356 e. The Labute approximate surface area is 112 Å². The van der Waals surface area contributed by atoms with Crippen molar-refractivity contribution in [1.82, 2.24) is 20.2 Å². The Hall–Kier alpha value is -1.36. The molecule has 2 heterocycles. The van der Waals surface area contributed by atoms with Crippen LogP contribution in [0.2, 0.25) is 5.28 Å². The molecule has 5 nitrogen and oxygen atoms in total. The number of aromatic nitrogens is 4. The Bertz CT molecular complexity index is 524. The summed E-state index contributed by atoms with van der Waals surface area (Å²) in [5, 5.41) is 8.02. The highest BCUT2D eigenvalue weighted by Gasteiger charge is 2.15. The van der Waals surface area contributed by atoms with Gasteiger partial charge >= 0.3 is 0 Å². The molecule has 98 valence electrons. The fraction of sp³-hybridized carbons (Fsp3) is 0.583. The van der Waals surface area contributed by atoms with Crippen molar-refractivity contribution >= 4 is 28.5 Å². The molecule has 0 saturated carbocycles. The van der Waals surface area contributed by atoms with E-state index < -0.39 is 0 Å². The van der Waals surface area contributed by atoms with Gasteiger partial charge in [-0.25, -0.2) is 0 Å². The number of hydrogen-bond acceptors (Lipinski definition) is 4. The molecule has 2 rings (SSSR count). The van der Waals surface area contributed by atoms with Gasteiger partial charge in [-0.2, -0.15) is 15.1 Å². The Balaban J connectivity index is 2.40. The third-order valence-corrected chi connectivity index (χ3v) is 3.34. The SMILES string of the molecule is CCC(C)CN(CC)c1nc(Cl)nc2[nH]ncc12. The molecule has 0 aromatic carbocycles. The fourth-order valence-corrected chi connectivity index (χ4v) is 2.07. The third kappa shape index (κ3) is 2.56. The van der Waals surface area contributed by atoms with E-state index in [1.165, 1.54) is 0 Å². The van der Waals surface area contributed by atoms with E-state index in [2.05, 4.69) is 45.8 Å². The van der Waals surface area contributed by atoms with Crippen LogP contribution < -0.4 is 4.90 Å². The van der Waals surface area contributed by atoms with E-state index in [-0.39, 0.29) is 5.28 Å². The molecule has 0 radical (unpaired) electrons. The van der Waals surface area contributed by atoms with Gasteiger partial charge in [-0.15, -0.1) is 0 Å². The molecular weight excluding hydrogens is 250 g/mol. The van der Waals surface area contributed by atoms with Crippen molar-refractivity contribution in [3.8, 4) is 0 Å². The summed E-state index contributed by atoms with van der Waals surface area (Å²) < 4.78 is 0. The lowest BCUT2D eigenvalue weighted by Gasteiger charge is -2.25. The van der Waals surface area contributed by atoms with Gasteiger partial charge in [-0.1, -0.05) is 20.3 Å². The molecule has 0 bridgehead atoms. The number of anilines is 1. The Morgan fingerprint density at radius 2 is 2.17 bits per heavy atom. The van der Waals surface area contributed by atoms with Crippen LogP contribution in [-0.4, -0.2) is 33.3 Å². The first kappa shape index (κ1) is 13.1. The van der Waals surface area contributed by atoms with Gasteiger partial charge in [0.2, 0.25) is 5.28 Å². The van der Waals surface area contributed by atoms with E-state index in [1.54, 1.807) is 6.20 Å². The monoisotopic (exact) mass is 267 g/mol. The summed E-state index contributed by atoms with van der Waals surface area (Å²) in [6, 6.07) is 0. The van der Waals surface area contributed by atoms with Crippen molar-refractivity contribution in [3.05, 3.63) is 11.5 Å². The zero-order valence-electron chi connectivity index (χ0n) is 10.9. The maximum atomic E-state index is 5.96. The van der Waals surface area contributed by atoms with Gasteiger partial charge in [-0.3, -0.25) is 5.10 Å². The number of fused-ring (bicyclic) bond motifs is 1. The second kappa shape index (κ2) is 5.52. The molecule has 18 heavy (non-hydrogen) atoms. The van der Waals surface area contributed by atoms with Gasteiger partial charge in [0.05, 0.1) is 11.6 Å². The third-order valence-electron chi connectivity index (χ3n) is 3.17. The lowest BCUT2D eigenvalue weighted by molar-refractivity contribution is 0.546. The molecule has 0 spiro atoms. The van der Waals surface area contributed by atoms with Crippen molar-refractivity contribution in [2.24, 2.45) is 5.92 Å². The molecule has 1 N–H and O–H groups in total. The molecule has 0 aliphatic rings. The normalized spacial score (nSPS) is 12.9. The van der Waals surface area contributed by atoms with Crippen LogP contribution in [0, 0.1) is 5.92 Å². The number of hydrogen-bond donors (Lipinski definition) is 1. The number of nitrogens with zero attached hydrogens (tertiary/aromatic N) is 4. The highest BCUT2D eigenvalue weighted by atomic mass is 35.5. The topological polar surface area (TPSA) is 57.7 Å². The average molecular weight is 268 g/mol. The zero-order chi connectivity index (χ0) is 13.1. The molecule has 0 saturated heterocycles. The van der Waals surface area contributed by atoms with Crippen LogP contribution in [0.5, 0.6) is 0 Å². The number of aromatic amines is 1. The minimum atomic E-state index is 0.254. The summed E-state index contributed by atoms with van der Waals surface area (Å²) >= 11 is 5.96. The zero-order valence-corrected chi connectivity index (χ0v) is 11.7. The van der Waals surface area contributed by atoms with Crippen LogP contribution in [0.25, 0.3) is 11.0 Å². The lowest BCUT2D eigenvalue weighted by atomic mass is 10.1. The molecule has 0 fully saturated rings. The number of H-pyrrole nitrogens is 1. The number of nitrogens with one attached hydrogen (secondary N) is 1. The maximum Gasteiger partial charge on any atom is 0.226 e. The van der Waals surface area contributed by atoms with E-state index in [0.717, 1.165) is 30.7 Å². The van der Waals surface area contributed by atoms with Crippen LogP contribution in [-0.2, 0) is 0 Å². The van der Waals surface area contributed by atoms with Gasteiger partial charge in [0, 0.05) is 13.1 Å². The smallest absolute Gasteiger partial charge is 0.226 e. The molecule has 1 unspecified atom stereocenters. The first-order valence-electron chi connectivity index (χ1n) is 6.27. The van der Waals surface area contributed by atoms with Crippen molar-refractivity contribution < 1.29 is 0 Å². The molecule has 2 aromatic heterocycles. The van der Waals surface area contributed by atoms with Crippen LogP contribution in [0.4, 0.5) is 5.82 Å². The van der Waals surface area contributed by atoms with Crippen molar-refractivity contribution in [2.45, 2.75) is 27.2 Å². The van der Waals surface area contributed by atoms with Gasteiger partial charge in [-0.05, 0) is 24.4 Å². The molecule has 0 aliphatic carbocycles. The minimum absolute atomic E-state index is 0.254. The van der Waals surface area contributed by atoms with Crippen LogP contribution >= 0.6 is 11.6 Å². The Kier molecular flexibility index (Phi) is 4.01. The largest absolute Gasteiger partial charge is 0.356 e. The van der Waals surface area contributed by atoms with Gasteiger partial charge in [0.15, 0.2) is 5.65 Å². The Morgan fingerprint density at radius 1 is 1.39 bits per heavy atom. The van der Waals surface area contributed by atoms with E-state index in [0.29, 0.717) is 11.6 Å². The maximum absolute atomic E-state index is 5.96. The van der Waals surface area contributed by atoms with Crippen LogP contribution in [0.1, 0.15) is 27.2 Å². The average Bonchev–Trinajstić information content (AvgIpc) is 2.82. The summed E-state index contributed by atoms with van der Waals surface area (Å²) in [6.07, 6.45) is 2.89. The Morgan fingerprint density at radius 3 is 2.83 bits per heavy atom. The summed E-state index contributed by atoms with van der Waals surface area (Å²) in [6.45, 7) is 8.39. The molecule has 0 aliphatic heterocycles. The predicted molar refractivity (Wildman–Crippen MR) is 74.0 cm³/mol.